The summed E-state index contributed by atoms with van der Waals surface area (Å²) in [6.45, 7) is 0. The molecule has 0 bridgehead atoms. The Balaban J connectivity index is 2.45. The van der Waals surface area contributed by atoms with E-state index in [9.17, 15) is 21.0 Å². The monoisotopic (exact) mass is 346 g/mol. The SMILES string of the molecule is N#CC(C#N)=C1C(=Nc2ccc(N)cc2)C(=C(C#N)C#N)c2ccccc21. The largest absolute Gasteiger partial charge is 0.399 e. The number of nitriles is 4. The van der Waals surface area contributed by atoms with E-state index in [0.717, 1.165) is 0 Å². The summed E-state index contributed by atoms with van der Waals surface area (Å²) in [5.41, 5.74) is 8.55. The van der Waals surface area contributed by atoms with Crippen LogP contribution in [-0.4, -0.2) is 5.71 Å². The molecule has 2 aromatic carbocycles. The molecule has 1 aliphatic rings. The minimum Gasteiger partial charge on any atom is -0.399 e. The van der Waals surface area contributed by atoms with Crippen LogP contribution in [0.5, 0.6) is 0 Å². The van der Waals surface area contributed by atoms with Gasteiger partial charge in [0.2, 0.25) is 0 Å². The first-order valence-corrected chi connectivity index (χ1v) is 7.78. The van der Waals surface area contributed by atoms with Crippen LogP contribution in [-0.2, 0) is 0 Å². The Labute approximate surface area is 155 Å². The fourth-order valence-corrected chi connectivity index (χ4v) is 2.87. The maximum atomic E-state index is 9.42. The van der Waals surface area contributed by atoms with E-state index in [4.69, 9.17) is 5.73 Å². The number of anilines is 1. The molecule has 0 saturated heterocycles. The van der Waals surface area contributed by atoms with Crippen molar-refractivity contribution in [1.29, 1.82) is 21.0 Å². The zero-order valence-corrected chi connectivity index (χ0v) is 13.9. The summed E-state index contributed by atoms with van der Waals surface area (Å²) in [6, 6.07) is 21.2. The molecule has 124 valence electrons. The Hall–Kier alpha value is -4.65. The lowest BCUT2D eigenvalue weighted by molar-refractivity contribution is 1.46. The highest BCUT2D eigenvalue weighted by atomic mass is 14.8. The van der Waals surface area contributed by atoms with Crippen molar-refractivity contribution in [2.45, 2.75) is 0 Å². The van der Waals surface area contributed by atoms with Gasteiger partial charge in [0.25, 0.3) is 0 Å². The summed E-state index contributed by atoms with van der Waals surface area (Å²) in [5, 5.41) is 37.7. The number of hydrogen-bond acceptors (Lipinski definition) is 6. The first-order valence-electron chi connectivity index (χ1n) is 7.78. The highest BCUT2D eigenvalue weighted by molar-refractivity contribution is 6.52. The number of benzene rings is 2. The van der Waals surface area contributed by atoms with Crippen LogP contribution < -0.4 is 5.73 Å². The molecule has 0 spiro atoms. The second-order valence-electron chi connectivity index (χ2n) is 5.54. The second-order valence-corrected chi connectivity index (χ2v) is 5.54. The molecule has 6 heteroatoms. The van der Waals surface area contributed by atoms with E-state index in [0.29, 0.717) is 33.6 Å². The van der Waals surface area contributed by atoms with Gasteiger partial charge in [0.05, 0.1) is 11.4 Å². The van der Waals surface area contributed by atoms with Crippen molar-refractivity contribution in [1.82, 2.24) is 0 Å². The van der Waals surface area contributed by atoms with Crippen molar-refractivity contribution in [2.24, 2.45) is 4.99 Å². The van der Waals surface area contributed by atoms with Gasteiger partial charge < -0.3 is 5.73 Å². The van der Waals surface area contributed by atoms with Crippen LogP contribution >= 0.6 is 0 Å². The van der Waals surface area contributed by atoms with Crippen molar-refractivity contribution in [3.63, 3.8) is 0 Å². The molecule has 0 radical (unpaired) electrons. The van der Waals surface area contributed by atoms with Crippen LogP contribution in [0.15, 0.2) is 64.7 Å². The minimum atomic E-state index is -0.137. The average Bonchev–Trinajstić information content (AvgIpc) is 3.00. The molecule has 0 aliphatic heterocycles. The van der Waals surface area contributed by atoms with Crippen LogP contribution in [0, 0.1) is 45.3 Å². The van der Waals surface area contributed by atoms with Crippen molar-refractivity contribution >= 4 is 28.2 Å². The maximum absolute atomic E-state index is 9.42. The van der Waals surface area contributed by atoms with Crippen molar-refractivity contribution in [3.8, 4) is 24.3 Å². The van der Waals surface area contributed by atoms with Crippen molar-refractivity contribution in [3.05, 3.63) is 70.8 Å². The molecule has 6 nitrogen and oxygen atoms in total. The quantitative estimate of drug-likeness (QED) is 0.621. The molecular formula is C21H10N6. The van der Waals surface area contributed by atoms with Crippen LogP contribution in [0.1, 0.15) is 11.1 Å². The molecule has 0 heterocycles. The summed E-state index contributed by atoms with van der Waals surface area (Å²) >= 11 is 0. The summed E-state index contributed by atoms with van der Waals surface area (Å²) in [4.78, 5) is 4.55. The number of nitrogen functional groups attached to an aromatic ring is 1. The standard InChI is InChI=1S/C21H10N6/c22-9-13(10-23)19-17-3-1-2-4-18(17)20(14(11-24)12-25)21(19)27-16-7-5-15(26)6-8-16/h1-8H,26H2. The Morgan fingerprint density at radius 2 is 1.15 bits per heavy atom. The van der Waals surface area contributed by atoms with E-state index >= 15 is 0 Å². The molecular weight excluding hydrogens is 336 g/mol. The van der Waals surface area contributed by atoms with E-state index in [1.165, 1.54) is 0 Å². The van der Waals surface area contributed by atoms with Gasteiger partial charge in [0.15, 0.2) is 0 Å². The number of hydrogen-bond donors (Lipinski definition) is 1. The van der Waals surface area contributed by atoms with E-state index in [-0.39, 0.29) is 16.9 Å². The van der Waals surface area contributed by atoms with E-state index in [1.807, 2.05) is 24.3 Å². The van der Waals surface area contributed by atoms with Gasteiger partial charge in [-0.3, -0.25) is 0 Å². The fourth-order valence-electron chi connectivity index (χ4n) is 2.87. The summed E-state index contributed by atoms with van der Waals surface area (Å²) in [6.07, 6.45) is 0. The Morgan fingerprint density at radius 3 is 1.56 bits per heavy atom. The lowest BCUT2D eigenvalue weighted by Crippen LogP contribution is -2.00. The molecule has 2 aromatic rings. The lowest BCUT2D eigenvalue weighted by atomic mass is 10.0. The Bertz CT molecular complexity index is 1100. The molecule has 0 atom stereocenters. The molecule has 2 N–H and O–H groups in total. The van der Waals surface area contributed by atoms with Gasteiger partial charge in [-0.2, -0.15) is 21.0 Å². The van der Waals surface area contributed by atoms with E-state index in [2.05, 4.69) is 4.99 Å². The number of rotatable bonds is 1. The highest BCUT2D eigenvalue weighted by Gasteiger charge is 2.33. The molecule has 0 unspecified atom stereocenters. The summed E-state index contributed by atoms with van der Waals surface area (Å²) in [7, 11) is 0. The van der Waals surface area contributed by atoms with Gasteiger partial charge in [-0.15, -0.1) is 0 Å². The first-order chi connectivity index (χ1) is 13.1. The van der Waals surface area contributed by atoms with Crippen LogP contribution in [0.3, 0.4) is 0 Å². The van der Waals surface area contributed by atoms with Gasteiger partial charge >= 0.3 is 0 Å². The third-order valence-corrected chi connectivity index (χ3v) is 4.02. The second kappa shape index (κ2) is 7.08. The molecule has 3 rings (SSSR count). The summed E-state index contributed by atoms with van der Waals surface area (Å²) < 4.78 is 0. The van der Waals surface area contributed by atoms with Gasteiger partial charge in [-0.25, -0.2) is 4.99 Å². The predicted octanol–water partition coefficient (Wildman–Crippen LogP) is 3.66. The Kier molecular flexibility index (Phi) is 4.50. The van der Waals surface area contributed by atoms with Gasteiger partial charge in [0.1, 0.15) is 35.4 Å². The zero-order chi connectivity index (χ0) is 19.4. The van der Waals surface area contributed by atoms with E-state index < -0.39 is 0 Å². The number of nitrogens with two attached hydrogens (primary N) is 1. The number of allylic oxidation sites excluding steroid dienone is 4. The molecule has 1 aliphatic carbocycles. The number of aliphatic imine (C=N–C) groups is 1. The lowest BCUT2D eigenvalue weighted by Gasteiger charge is -2.04. The number of fused-ring (bicyclic) bond motifs is 1. The van der Waals surface area contributed by atoms with Crippen LogP contribution in [0.2, 0.25) is 0 Å². The molecule has 27 heavy (non-hydrogen) atoms. The zero-order valence-electron chi connectivity index (χ0n) is 13.9. The molecule has 0 saturated carbocycles. The van der Waals surface area contributed by atoms with Gasteiger partial charge in [-0.1, -0.05) is 24.3 Å². The smallest absolute Gasteiger partial charge is 0.139 e. The van der Waals surface area contributed by atoms with Gasteiger partial charge in [-0.05, 0) is 35.4 Å². The molecule has 0 aromatic heterocycles. The van der Waals surface area contributed by atoms with Crippen LogP contribution in [0.25, 0.3) is 11.1 Å². The normalized spacial score (nSPS) is 11.5. The third-order valence-electron chi connectivity index (χ3n) is 4.02. The third kappa shape index (κ3) is 2.92. The molecule has 0 amide bonds. The van der Waals surface area contributed by atoms with Crippen LogP contribution in [0.4, 0.5) is 11.4 Å². The minimum absolute atomic E-state index is 0.137. The average molecular weight is 346 g/mol. The summed E-state index contributed by atoms with van der Waals surface area (Å²) in [5.74, 6) is 0. The fraction of sp³-hybridized carbons (Fsp3) is 0. The molecule has 0 fully saturated rings. The van der Waals surface area contributed by atoms with Gasteiger partial charge in [0, 0.05) is 16.8 Å². The highest BCUT2D eigenvalue weighted by Crippen LogP contribution is 2.42. The van der Waals surface area contributed by atoms with E-state index in [1.54, 1.807) is 48.5 Å². The van der Waals surface area contributed by atoms with Crippen molar-refractivity contribution < 1.29 is 0 Å². The predicted molar refractivity (Wildman–Crippen MR) is 101 cm³/mol. The Morgan fingerprint density at radius 1 is 0.704 bits per heavy atom. The maximum Gasteiger partial charge on any atom is 0.139 e. The van der Waals surface area contributed by atoms with Crippen molar-refractivity contribution in [2.75, 3.05) is 5.73 Å². The first kappa shape index (κ1) is 17.2. The number of nitrogens with zero attached hydrogens (tertiary/aromatic N) is 5. The topological polar surface area (TPSA) is 134 Å².